The number of carbonyl (C=O) groups excluding carboxylic acids is 1. The van der Waals surface area contributed by atoms with Crippen LogP contribution in [0.5, 0.6) is 5.75 Å². The second kappa shape index (κ2) is 5.83. The first-order chi connectivity index (χ1) is 10.3. The van der Waals surface area contributed by atoms with Crippen molar-refractivity contribution >= 4 is 5.91 Å². The lowest BCUT2D eigenvalue weighted by Crippen LogP contribution is -2.30. The Kier molecular flexibility index (Phi) is 3.73. The molecule has 0 spiro atoms. The van der Waals surface area contributed by atoms with Crippen LogP contribution in [0, 0.1) is 0 Å². The fraction of sp³-hybridized carbons (Fsp3) is 0.167. The molecule has 1 N–H and O–H groups in total. The van der Waals surface area contributed by atoms with Crippen LogP contribution in [0.15, 0.2) is 61.2 Å². The number of hydrogen-bond acceptors (Lipinski definition) is 2. The van der Waals surface area contributed by atoms with Crippen LogP contribution >= 0.6 is 0 Å². The zero-order valence-corrected chi connectivity index (χ0v) is 11.7. The van der Waals surface area contributed by atoms with Crippen LogP contribution in [0.4, 0.5) is 0 Å². The summed E-state index contributed by atoms with van der Waals surface area (Å²) < 4.78 is 5.68. The molecule has 2 aromatic carbocycles. The monoisotopic (exact) mass is 279 g/mol. The largest absolute Gasteiger partial charge is 0.493 e. The van der Waals surface area contributed by atoms with E-state index in [1.807, 2.05) is 30.3 Å². The number of amides is 1. The molecular formula is C18H17NO2. The first-order valence-corrected chi connectivity index (χ1v) is 7.03. The molecule has 3 rings (SSSR count). The highest BCUT2D eigenvalue weighted by Gasteiger charge is 2.22. The van der Waals surface area contributed by atoms with Crippen molar-refractivity contribution in [2.75, 3.05) is 6.61 Å². The third-order valence-electron chi connectivity index (χ3n) is 3.66. The van der Waals surface area contributed by atoms with Crippen molar-refractivity contribution in [1.82, 2.24) is 5.32 Å². The van der Waals surface area contributed by atoms with Gasteiger partial charge >= 0.3 is 0 Å². The van der Waals surface area contributed by atoms with Gasteiger partial charge in [-0.1, -0.05) is 43.0 Å². The number of fused-ring (bicyclic) bond motifs is 1. The molecule has 1 unspecified atom stereocenters. The van der Waals surface area contributed by atoms with Crippen molar-refractivity contribution in [3.8, 4) is 16.9 Å². The van der Waals surface area contributed by atoms with Gasteiger partial charge in [-0.15, -0.1) is 0 Å². The minimum Gasteiger partial charge on any atom is -0.493 e. The van der Waals surface area contributed by atoms with E-state index in [1.54, 1.807) is 0 Å². The van der Waals surface area contributed by atoms with Crippen LogP contribution in [0.1, 0.15) is 18.0 Å². The lowest BCUT2D eigenvalue weighted by molar-refractivity contribution is -0.117. The van der Waals surface area contributed by atoms with Crippen molar-refractivity contribution in [2.45, 2.75) is 12.5 Å². The Bertz CT molecular complexity index is 664. The SMILES string of the molecule is C=CC(=O)NC1CCOc2ccc(-c3ccccc3)cc21. The lowest BCUT2D eigenvalue weighted by atomic mass is 9.95. The van der Waals surface area contributed by atoms with E-state index in [-0.39, 0.29) is 11.9 Å². The smallest absolute Gasteiger partial charge is 0.243 e. The molecule has 0 aromatic heterocycles. The Morgan fingerprint density at radius 3 is 2.76 bits per heavy atom. The highest BCUT2D eigenvalue weighted by Crippen LogP contribution is 2.35. The predicted molar refractivity (Wildman–Crippen MR) is 83.1 cm³/mol. The number of ether oxygens (including phenoxy) is 1. The molecule has 1 aliphatic rings. The molecule has 2 aromatic rings. The lowest BCUT2D eigenvalue weighted by Gasteiger charge is -2.27. The average molecular weight is 279 g/mol. The van der Waals surface area contributed by atoms with E-state index in [4.69, 9.17) is 4.74 Å². The van der Waals surface area contributed by atoms with E-state index >= 15 is 0 Å². The van der Waals surface area contributed by atoms with Crippen LogP contribution in [0.25, 0.3) is 11.1 Å². The topological polar surface area (TPSA) is 38.3 Å². The van der Waals surface area contributed by atoms with Crippen LogP contribution < -0.4 is 10.1 Å². The maximum absolute atomic E-state index is 11.6. The van der Waals surface area contributed by atoms with Crippen molar-refractivity contribution in [3.63, 3.8) is 0 Å². The molecule has 3 heteroatoms. The molecule has 0 saturated heterocycles. The molecular weight excluding hydrogens is 262 g/mol. The van der Waals surface area contributed by atoms with E-state index in [0.29, 0.717) is 6.61 Å². The highest BCUT2D eigenvalue weighted by atomic mass is 16.5. The second-order valence-electron chi connectivity index (χ2n) is 5.02. The molecule has 21 heavy (non-hydrogen) atoms. The summed E-state index contributed by atoms with van der Waals surface area (Å²) in [6.45, 7) is 4.11. The number of benzene rings is 2. The predicted octanol–water partition coefficient (Wildman–Crippen LogP) is 3.48. The molecule has 1 atom stereocenters. The highest BCUT2D eigenvalue weighted by molar-refractivity contribution is 5.87. The van der Waals surface area contributed by atoms with Gasteiger partial charge in [-0.05, 0) is 29.3 Å². The third-order valence-corrected chi connectivity index (χ3v) is 3.66. The van der Waals surface area contributed by atoms with Gasteiger partial charge in [-0.25, -0.2) is 0 Å². The average Bonchev–Trinajstić information content (AvgIpc) is 2.55. The van der Waals surface area contributed by atoms with Crippen LogP contribution in [0.2, 0.25) is 0 Å². The molecule has 1 aliphatic heterocycles. The Hall–Kier alpha value is -2.55. The fourth-order valence-electron chi connectivity index (χ4n) is 2.59. The van der Waals surface area contributed by atoms with Gasteiger partial charge in [-0.2, -0.15) is 0 Å². The van der Waals surface area contributed by atoms with Gasteiger partial charge in [0.15, 0.2) is 0 Å². The molecule has 1 amide bonds. The molecule has 0 saturated carbocycles. The summed E-state index contributed by atoms with van der Waals surface area (Å²) in [5.41, 5.74) is 3.30. The minimum atomic E-state index is -0.155. The van der Waals surface area contributed by atoms with Gasteiger partial charge in [0.1, 0.15) is 5.75 Å². The fourth-order valence-corrected chi connectivity index (χ4v) is 2.59. The number of rotatable bonds is 3. The van der Waals surface area contributed by atoms with Crippen molar-refractivity contribution in [2.24, 2.45) is 0 Å². The Labute approximate surface area is 124 Å². The van der Waals surface area contributed by atoms with E-state index in [9.17, 15) is 4.79 Å². The summed E-state index contributed by atoms with van der Waals surface area (Å²) in [7, 11) is 0. The maximum atomic E-state index is 11.6. The van der Waals surface area contributed by atoms with E-state index in [1.165, 1.54) is 6.08 Å². The number of carbonyl (C=O) groups is 1. The molecule has 1 heterocycles. The van der Waals surface area contributed by atoms with Crippen LogP contribution in [-0.4, -0.2) is 12.5 Å². The van der Waals surface area contributed by atoms with Crippen molar-refractivity contribution in [3.05, 3.63) is 66.7 Å². The zero-order valence-electron chi connectivity index (χ0n) is 11.7. The van der Waals surface area contributed by atoms with E-state index in [2.05, 4.69) is 30.1 Å². The maximum Gasteiger partial charge on any atom is 0.243 e. The van der Waals surface area contributed by atoms with Gasteiger partial charge in [-0.3, -0.25) is 4.79 Å². The Morgan fingerprint density at radius 1 is 1.19 bits per heavy atom. The van der Waals surface area contributed by atoms with Crippen LogP contribution in [-0.2, 0) is 4.79 Å². The molecule has 3 nitrogen and oxygen atoms in total. The van der Waals surface area contributed by atoms with Crippen molar-refractivity contribution < 1.29 is 9.53 Å². The zero-order chi connectivity index (χ0) is 14.7. The Morgan fingerprint density at radius 2 is 2.00 bits per heavy atom. The quantitative estimate of drug-likeness (QED) is 0.874. The van der Waals surface area contributed by atoms with Gasteiger partial charge in [0.25, 0.3) is 0 Å². The molecule has 0 aliphatic carbocycles. The van der Waals surface area contributed by atoms with Gasteiger partial charge in [0.05, 0.1) is 12.6 Å². The molecule has 106 valence electrons. The van der Waals surface area contributed by atoms with E-state index < -0.39 is 0 Å². The van der Waals surface area contributed by atoms with Gasteiger partial charge < -0.3 is 10.1 Å². The number of nitrogens with one attached hydrogen (secondary N) is 1. The Balaban J connectivity index is 1.97. The first-order valence-electron chi connectivity index (χ1n) is 7.03. The second-order valence-corrected chi connectivity index (χ2v) is 5.02. The summed E-state index contributed by atoms with van der Waals surface area (Å²) in [6.07, 6.45) is 2.07. The minimum absolute atomic E-state index is 0.0251. The van der Waals surface area contributed by atoms with Gasteiger partial charge in [0, 0.05) is 12.0 Å². The number of hydrogen-bond donors (Lipinski definition) is 1. The van der Waals surface area contributed by atoms with Crippen LogP contribution in [0.3, 0.4) is 0 Å². The summed E-state index contributed by atoms with van der Waals surface area (Å²) in [5, 5.41) is 2.97. The summed E-state index contributed by atoms with van der Waals surface area (Å²) >= 11 is 0. The van der Waals surface area contributed by atoms with E-state index in [0.717, 1.165) is 28.9 Å². The third kappa shape index (κ3) is 2.82. The summed E-state index contributed by atoms with van der Waals surface area (Å²) in [6, 6.07) is 16.3. The summed E-state index contributed by atoms with van der Waals surface area (Å²) in [4.78, 5) is 11.6. The normalized spacial score (nSPS) is 16.5. The van der Waals surface area contributed by atoms with Crippen molar-refractivity contribution in [1.29, 1.82) is 0 Å². The summed E-state index contributed by atoms with van der Waals surface area (Å²) in [5.74, 6) is 0.688. The molecule has 0 radical (unpaired) electrons. The first kappa shape index (κ1) is 13.4. The standard InChI is InChI=1S/C18H17NO2/c1-2-18(20)19-16-10-11-21-17-9-8-14(12-15(16)17)13-6-4-3-5-7-13/h2-9,12,16H,1,10-11H2,(H,19,20). The molecule has 0 bridgehead atoms. The van der Waals surface area contributed by atoms with Gasteiger partial charge in [0.2, 0.25) is 5.91 Å². The molecule has 0 fully saturated rings.